The number of fused-ring (bicyclic) bond motifs is 1. The van der Waals surface area contributed by atoms with Gasteiger partial charge in [0.25, 0.3) is 0 Å². The van der Waals surface area contributed by atoms with Crippen molar-refractivity contribution in [3.63, 3.8) is 0 Å². The van der Waals surface area contributed by atoms with Crippen LogP contribution < -0.4 is 11.1 Å². The lowest BCUT2D eigenvalue weighted by Crippen LogP contribution is -2.44. The van der Waals surface area contributed by atoms with Crippen molar-refractivity contribution < 1.29 is 19.1 Å². The lowest BCUT2D eigenvalue weighted by Gasteiger charge is -2.22. The van der Waals surface area contributed by atoms with Gasteiger partial charge in [0.05, 0.1) is 11.8 Å². The number of hydrogen-bond donors (Lipinski definition) is 2. The maximum atomic E-state index is 11.8. The molecule has 1 aliphatic heterocycles. The van der Waals surface area contributed by atoms with Gasteiger partial charge in [-0.15, -0.1) is 0 Å². The smallest absolute Gasteiger partial charge is 0.318 e. The molecule has 1 heterocycles. The van der Waals surface area contributed by atoms with Gasteiger partial charge in [-0.3, -0.25) is 14.9 Å². The standard InChI is InChI=1S/C10H12N2O4/c11-10(15)12-8(13)6-3-1-4-5(2-3)16-9(14)7(4)6/h3-7H,1-2H2,(H3,11,12,13,15)/t3-,4-,5-,6-,7+/m1/s1. The highest BCUT2D eigenvalue weighted by Gasteiger charge is 2.63. The molecule has 0 aromatic carbocycles. The van der Waals surface area contributed by atoms with Gasteiger partial charge < -0.3 is 10.5 Å². The minimum Gasteiger partial charge on any atom is -0.462 e. The van der Waals surface area contributed by atoms with Crippen molar-refractivity contribution in [2.24, 2.45) is 29.4 Å². The second-order valence-electron chi connectivity index (χ2n) is 4.78. The van der Waals surface area contributed by atoms with Crippen LogP contribution in [0.1, 0.15) is 12.8 Å². The summed E-state index contributed by atoms with van der Waals surface area (Å²) in [5, 5.41) is 2.07. The molecule has 5 atom stereocenters. The monoisotopic (exact) mass is 224 g/mol. The van der Waals surface area contributed by atoms with Gasteiger partial charge in [-0.25, -0.2) is 4.79 Å². The van der Waals surface area contributed by atoms with Crippen LogP contribution in [0.5, 0.6) is 0 Å². The third-order valence-electron chi connectivity index (χ3n) is 4.03. The van der Waals surface area contributed by atoms with Crippen LogP contribution in [-0.2, 0) is 14.3 Å². The number of nitrogens with two attached hydrogens (primary N) is 1. The number of ether oxygens (including phenoxy) is 1. The van der Waals surface area contributed by atoms with Crippen molar-refractivity contribution in [2.75, 3.05) is 0 Å². The Bertz CT molecular complexity index is 392. The van der Waals surface area contributed by atoms with Crippen LogP contribution in [-0.4, -0.2) is 24.0 Å². The largest absolute Gasteiger partial charge is 0.462 e. The number of hydrogen-bond acceptors (Lipinski definition) is 4. The van der Waals surface area contributed by atoms with E-state index >= 15 is 0 Å². The molecule has 3 rings (SSSR count). The number of amides is 3. The second-order valence-corrected chi connectivity index (χ2v) is 4.78. The Morgan fingerprint density at radius 2 is 2.12 bits per heavy atom. The van der Waals surface area contributed by atoms with Crippen LogP contribution in [0.25, 0.3) is 0 Å². The van der Waals surface area contributed by atoms with Crippen molar-refractivity contribution in [2.45, 2.75) is 18.9 Å². The summed E-state index contributed by atoms with van der Waals surface area (Å²) >= 11 is 0. The van der Waals surface area contributed by atoms with Gasteiger partial charge in [0, 0.05) is 5.92 Å². The van der Waals surface area contributed by atoms with Gasteiger partial charge in [0.2, 0.25) is 5.91 Å². The van der Waals surface area contributed by atoms with Gasteiger partial charge in [-0.2, -0.15) is 0 Å². The SMILES string of the molecule is NC(=O)NC(=O)[C@@H]1[C@@H]2C[C@H]3[C@@H]1C(=O)O[C@@H]3C2. The molecular weight excluding hydrogens is 212 g/mol. The molecule has 6 heteroatoms. The summed E-state index contributed by atoms with van der Waals surface area (Å²) in [5.41, 5.74) is 4.90. The molecule has 6 nitrogen and oxygen atoms in total. The first-order valence-electron chi connectivity index (χ1n) is 5.38. The molecule has 3 amide bonds. The average molecular weight is 224 g/mol. The number of urea groups is 1. The van der Waals surface area contributed by atoms with Gasteiger partial charge in [-0.05, 0) is 18.8 Å². The minimum atomic E-state index is -0.865. The molecule has 0 spiro atoms. The normalized spacial score (nSPS) is 43.2. The molecule has 2 saturated carbocycles. The Labute approximate surface area is 91.5 Å². The molecule has 3 fully saturated rings. The van der Waals surface area contributed by atoms with Crippen LogP contribution >= 0.6 is 0 Å². The van der Waals surface area contributed by atoms with E-state index in [1.807, 2.05) is 0 Å². The molecule has 3 aliphatic rings. The zero-order chi connectivity index (χ0) is 11.4. The third kappa shape index (κ3) is 1.10. The highest BCUT2D eigenvalue weighted by atomic mass is 16.6. The first-order valence-corrected chi connectivity index (χ1v) is 5.38. The fraction of sp³-hybridized carbons (Fsp3) is 0.700. The van der Waals surface area contributed by atoms with E-state index in [-0.39, 0.29) is 29.8 Å². The Hall–Kier alpha value is -1.59. The van der Waals surface area contributed by atoms with E-state index in [9.17, 15) is 14.4 Å². The first-order chi connectivity index (χ1) is 7.58. The highest BCUT2D eigenvalue weighted by molar-refractivity contribution is 5.97. The van der Waals surface area contributed by atoms with E-state index in [0.717, 1.165) is 12.8 Å². The topological polar surface area (TPSA) is 98.5 Å². The summed E-state index contributed by atoms with van der Waals surface area (Å²) < 4.78 is 5.19. The number of nitrogens with one attached hydrogen (secondary N) is 1. The van der Waals surface area contributed by atoms with Crippen molar-refractivity contribution in [1.82, 2.24) is 5.32 Å². The molecule has 1 saturated heterocycles. The molecule has 2 aliphatic carbocycles. The van der Waals surface area contributed by atoms with Crippen LogP contribution in [0.3, 0.4) is 0 Å². The Morgan fingerprint density at radius 3 is 2.81 bits per heavy atom. The molecule has 3 N–H and O–H groups in total. The molecule has 0 unspecified atom stereocenters. The fourth-order valence-corrected chi connectivity index (χ4v) is 3.57. The first kappa shape index (κ1) is 9.62. The number of rotatable bonds is 1. The van der Waals surface area contributed by atoms with Gasteiger partial charge >= 0.3 is 12.0 Å². The van der Waals surface area contributed by atoms with Gasteiger partial charge in [-0.1, -0.05) is 0 Å². The molecule has 0 aromatic rings. The molecule has 16 heavy (non-hydrogen) atoms. The van der Waals surface area contributed by atoms with Crippen LogP contribution in [0.4, 0.5) is 4.79 Å². The molecule has 0 aromatic heterocycles. The van der Waals surface area contributed by atoms with E-state index in [1.54, 1.807) is 0 Å². The lowest BCUT2D eigenvalue weighted by molar-refractivity contribution is -0.145. The predicted molar refractivity (Wildman–Crippen MR) is 50.8 cm³/mol. The maximum Gasteiger partial charge on any atom is 0.318 e. The molecule has 2 bridgehead atoms. The van der Waals surface area contributed by atoms with Crippen LogP contribution in [0.2, 0.25) is 0 Å². The fourth-order valence-electron chi connectivity index (χ4n) is 3.57. The second kappa shape index (κ2) is 2.96. The average Bonchev–Trinajstić information content (AvgIpc) is 2.75. The van der Waals surface area contributed by atoms with Crippen molar-refractivity contribution >= 4 is 17.9 Å². The summed E-state index contributed by atoms with van der Waals surface area (Å²) in [6.07, 6.45) is 1.59. The number of carbonyl (C=O) groups is 3. The molecule has 86 valence electrons. The van der Waals surface area contributed by atoms with Crippen LogP contribution in [0, 0.1) is 23.7 Å². The number of primary amides is 1. The zero-order valence-corrected chi connectivity index (χ0v) is 8.51. The number of imide groups is 1. The predicted octanol–water partition coefficient (Wildman–Crippen LogP) is -0.621. The Balaban J connectivity index is 1.84. The van der Waals surface area contributed by atoms with Crippen molar-refractivity contribution in [3.05, 3.63) is 0 Å². The summed E-state index contributed by atoms with van der Waals surface area (Å²) in [6.45, 7) is 0. The molecule has 0 radical (unpaired) electrons. The maximum absolute atomic E-state index is 11.8. The van der Waals surface area contributed by atoms with Gasteiger partial charge in [0.15, 0.2) is 0 Å². The summed E-state index contributed by atoms with van der Waals surface area (Å²) in [6, 6.07) is -0.865. The van der Waals surface area contributed by atoms with E-state index in [2.05, 4.69) is 5.32 Å². The van der Waals surface area contributed by atoms with E-state index in [1.165, 1.54) is 0 Å². The number of esters is 1. The van der Waals surface area contributed by atoms with Gasteiger partial charge in [0.1, 0.15) is 6.10 Å². The summed E-state index contributed by atoms with van der Waals surface area (Å²) in [4.78, 5) is 34.0. The lowest BCUT2D eigenvalue weighted by atomic mass is 9.79. The summed E-state index contributed by atoms with van der Waals surface area (Å²) in [7, 11) is 0. The Morgan fingerprint density at radius 1 is 1.38 bits per heavy atom. The van der Waals surface area contributed by atoms with Crippen molar-refractivity contribution in [3.8, 4) is 0 Å². The van der Waals surface area contributed by atoms with Crippen molar-refractivity contribution in [1.29, 1.82) is 0 Å². The quantitative estimate of drug-likeness (QED) is 0.580. The molecular formula is C10H12N2O4. The van der Waals surface area contributed by atoms with Crippen LogP contribution in [0.15, 0.2) is 0 Å². The Kier molecular flexibility index (Phi) is 1.78. The zero-order valence-electron chi connectivity index (χ0n) is 8.51. The van der Waals surface area contributed by atoms with E-state index < -0.39 is 17.9 Å². The van der Waals surface area contributed by atoms with E-state index in [0.29, 0.717) is 0 Å². The summed E-state index contributed by atoms with van der Waals surface area (Å²) in [5.74, 6) is -1.18. The highest BCUT2D eigenvalue weighted by Crippen LogP contribution is 2.57. The number of carbonyl (C=O) groups excluding carboxylic acids is 3. The minimum absolute atomic E-state index is 0.000119. The third-order valence-corrected chi connectivity index (χ3v) is 4.03. The van der Waals surface area contributed by atoms with E-state index in [4.69, 9.17) is 10.5 Å².